The zero-order chi connectivity index (χ0) is 27.6. The Hall–Kier alpha value is -4.24. The summed E-state index contributed by atoms with van der Waals surface area (Å²) in [5.74, 6) is 0. The predicted octanol–water partition coefficient (Wildman–Crippen LogP) is 12.2. The van der Waals surface area contributed by atoms with Crippen LogP contribution in [0.3, 0.4) is 0 Å². The summed E-state index contributed by atoms with van der Waals surface area (Å²) in [6.45, 7) is 12.1. The third-order valence-electron chi connectivity index (χ3n) is 7.22. The smallest absolute Gasteiger partial charge is 0.0449 e. The summed E-state index contributed by atoms with van der Waals surface area (Å²) in [6.07, 6.45) is 0. The van der Waals surface area contributed by atoms with Crippen LogP contribution in [0.1, 0.15) is 25.0 Å². The zero-order valence-electron chi connectivity index (χ0n) is 22.8. The van der Waals surface area contributed by atoms with Crippen LogP contribution in [0.5, 0.6) is 0 Å². The molecule has 0 spiro atoms. The highest BCUT2D eigenvalue weighted by molar-refractivity contribution is 7.25. The molecule has 0 saturated carbocycles. The SMILES string of the molecule is C=C(C)c1ccc(-c2ccc(-c3ccc(-c4ccc(-c5ccc(-c6ccc(C(=C)C)cc6)cc5)s4)s3)cc2)cc1. The molecule has 0 aliphatic rings. The molecule has 6 rings (SSSR count). The Morgan fingerprint density at radius 3 is 0.900 bits per heavy atom. The van der Waals surface area contributed by atoms with E-state index in [1.165, 1.54) is 64.0 Å². The van der Waals surface area contributed by atoms with Crippen molar-refractivity contribution < 1.29 is 0 Å². The van der Waals surface area contributed by atoms with Crippen LogP contribution in [0.2, 0.25) is 0 Å². The molecular formula is C38H30S2. The minimum Gasteiger partial charge on any atom is -0.134 e. The maximum Gasteiger partial charge on any atom is 0.0449 e. The van der Waals surface area contributed by atoms with Crippen molar-refractivity contribution in [3.8, 4) is 52.9 Å². The molecule has 2 aromatic heterocycles. The molecular weight excluding hydrogens is 521 g/mol. The maximum absolute atomic E-state index is 4.03. The van der Waals surface area contributed by atoms with Gasteiger partial charge in [0.15, 0.2) is 0 Å². The monoisotopic (exact) mass is 550 g/mol. The Balaban J connectivity index is 1.16. The van der Waals surface area contributed by atoms with Crippen molar-refractivity contribution in [2.75, 3.05) is 0 Å². The van der Waals surface area contributed by atoms with Gasteiger partial charge in [-0.25, -0.2) is 0 Å². The second kappa shape index (κ2) is 11.1. The average Bonchev–Trinajstić information content (AvgIpc) is 3.68. The molecule has 0 radical (unpaired) electrons. The van der Waals surface area contributed by atoms with E-state index in [-0.39, 0.29) is 0 Å². The van der Waals surface area contributed by atoms with Gasteiger partial charge in [0.05, 0.1) is 0 Å². The van der Waals surface area contributed by atoms with E-state index in [1.807, 2.05) is 36.5 Å². The first kappa shape index (κ1) is 26.0. The number of hydrogen-bond donors (Lipinski definition) is 0. The van der Waals surface area contributed by atoms with Crippen LogP contribution in [0, 0.1) is 0 Å². The largest absolute Gasteiger partial charge is 0.134 e. The van der Waals surface area contributed by atoms with Gasteiger partial charge in [0.2, 0.25) is 0 Å². The van der Waals surface area contributed by atoms with E-state index in [0.29, 0.717) is 0 Å². The van der Waals surface area contributed by atoms with Gasteiger partial charge in [0.25, 0.3) is 0 Å². The molecule has 40 heavy (non-hydrogen) atoms. The van der Waals surface area contributed by atoms with Gasteiger partial charge in [-0.3, -0.25) is 0 Å². The number of thiophene rings is 2. The van der Waals surface area contributed by atoms with Crippen LogP contribution in [0.4, 0.5) is 0 Å². The zero-order valence-corrected chi connectivity index (χ0v) is 24.4. The highest BCUT2D eigenvalue weighted by Gasteiger charge is 2.10. The van der Waals surface area contributed by atoms with Gasteiger partial charge in [0, 0.05) is 19.5 Å². The third-order valence-corrected chi connectivity index (χ3v) is 9.68. The normalized spacial score (nSPS) is 10.9. The molecule has 0 aliphatic carbocycles. The topological polar surface area (TPSA) is 0 Å². The summed E-state index contributed by atoms with van der Waals surface area (Å²) in [5, 5.41) is 0. The minimum atomic E-state index is 1.09. The van der Waals surface area contributed by atoms with Crippen molar-refractivity contribution in [3.63, 3.8) is 0 Å². The fourth-order valence-electron chi connectivity index (χ4n) is 4.80. The van der Waals surface area contributed by atoms with Crippen molar-refractivity contribution in [1.29, 1.82) is 0 Å². The van der Waals surface area contributed by atoms with Crippen LogP contribution in [-0.2, 0) is 0 Å². The lowest BCUT2D eigenvalue weighted by atomic mass is 10.0. The molecule has 2 heteroatoms. The highest BCUT2D eigenvalue weighted by Crippen LogP contribution is 2.41. The van der Waals surface area contributed by atoms with E-state index in [4.69, 9.17) is 0 Å². The van der Waals surface area contributed by atoms with Crippen molar-refractivity contribution in [2.24, 2.45) is 0 Å². The van der Waals surface area contributed by atoms with Gasteiger partial charge in [-0.15, -0.1) is 22.7 Å². The van der Waals surface area contributed by atoms with E-state index >= 15 is 0 Å². The molecule has 0 fully saturated rings. The molecule has 0 saturated heterocycles. The van der Waals surface area contributed by atoms with Crippen molar-refractivity contribution in [3.05, 3.63) is 146 Å². The Morgan fingerprint density at radius 2 is 0.600 bits per heavy atom. The van der Waals surface area contributed by atoms with Crippen molar-refractivity contribution >= 4 is 33.8 Å². The second-order valence-electron chi connectivity index (χ2n) is 10.2. The second-order valence-corrected chi connectivity index (χ2v) is 12.4. The van der Waals surface area contributed by atoms with Gasteiger partial charge in [-0.2, -0.15) is 0 Å². The van der Waals surface area contributed by atoms with E-state index in [9.17, 15) is 0 Å². The Morgan fingerprint density at radius 1 is 0.350 bits per heavy atom. The van der Waals surface area contributed by atoms with Gasteiger partial charge in [-0.05, 0) is 82.6 Å². The van der Waals surface area contributed by atoms with Crippen molar-refractivity contribution in [2.45, 2.75) is 13.8 Å². The standard InChI is InChI=1S/C38H30S2/c1-25(2)27-5-9-29(10-6-27)31-13-17-33(18-14-31)35-21-23-37(39-35)38-24-22-36(40-38)34-19-15-32(16-20-34)30-11-7-28(8-12-30)26(3)4/h5-24H,1,3H2,2,4H3. The summed E-state index contributed by atoms with van der Waals surface area (Å²) in [7, 11) is 0. The molecule has 0 amide bonds. The fourth-order valence-corrected chi connectivity index (χ4v) is 6.91. The first-order valence-electron chi connectivity index (χ1n) is 13.4. The third kappa shape index (κ3) is 5.42. The first-order chi connectivity index (χ1) is 19.4. The Kier molecular flexibility index (Phi) is 7.21. The van der Waals surface area contributed by atoms with Crippen LogP contribution in [0.15, 0.2) is 134 Å². The van der Waals surface area contributed by atoms with Gasteiger partial charge in [0.1, 0.15) is 0 Å². The molecule has 0 aliphatic heterocycles. The molecule has 0 N–H and O–H groups in total. The highest BCUT2D eigenvalue weighted by atomic mass is 32.1. The first-order valence-corrected chi connectivity index (χ1v) is 15.0. The fraction of sp³-hybridized carbons (Fsp3) is 0.0526. The van der Waals surface area contributed by atoms with E-state index in [2.05, 4.69) is 134 Å². The quantitative estimate of drug-likeness (QED) is 0.185. The lowest BCUT2D eigenvalue weighted by Gasteiger charge is -2.05. The lowest BCUT2D eigenvalue weighted by Crippen LogP contribution is -1.81. The molecule has 0 nitrogen and oxygen atoms in total. The molecule has 0 unspecified atom stereocenters. The van der Waals surface area contributed by atoms with Gasteiger partial charge in [-0.1, -0.05) is 121 Å². The Bertz CT molecular complexity index is 1650. The van der Waals surface area contributed by atoms with Gasteiger partial charge < -0.3 is 0 Å². The summed E-state index contributed by atoms with van der Waals surface area (Å²) in [4.78, 5) is 5.19. The Labute approximate surface area is 245 Å². The lowest BCUT2D eigenvalue weighted by molar-refractivity contribution is 1.56. The summed E-state index contributed by atoms with van der Waals surface area (Å²) < 4.78 is 0. The minimum absolute atomic E-state index is 1.09. The molecule has 4 aromatic carbocycles. The number of hydrogen-bond acceptors (Lipinski definition) is 2. The number of allylic oxidation sites excluding steroid dienone is 2. The predicted molar refractivity (Wildman–Crippen MR) is 179 cm³/mol. The van der Waals surface area contributed by atoms with Crippen molar-refractivity contribution in [1.82, 2.24) is 0 Å². The summed E-state index contributed by atoms with van der Waals surface area (Å²) >= 11 is 3.70. The summed E-state index contributed by atoms with van der Waals surface area (Å²) in [6, 6.07) is 44.0. The molecule has 194 valence electrons. The molecule has 0 bridgehead atoms. The number of rotatable bonds is 7. The van der Waals surface area contributed by atoms with E-state index < -0.39 is 0 Å². The van der Waals surface area contributed by atoms with Gasteiger partial charge >= 0.3 is 0 Å². The van der Waals surface area contributed by atoms with Crippen LogP contribution < -0.4 is 0 Å². The molecule has 0 atom stereocenters. The van der Waals surface area contributed by atoms with E-state index in [0.717, 1.165) is 11.1 Å². The molecule has 2 heterocycles. The maximum atomic E-state index is 4.03. The van der Waals surface area contributed by atoms with Crippen LogP contribution >= 0.6 is 22.7 Å². The van der Waals surface area contributed by atoms with E-state index in [1.54, 1.807) is 0 Å². The molecule has 6 aromatic rings. The number of benzene rings is 4. The average molecular weight is 551 g/mol. The van der Waals surface area contributed by atoms with Crippen LogP contribution in [-0.4, -0.2) is 0 Å². The van der Waals surface area contributed by atoms with Crippen LogP contribution in [0.25, 0.3) is 64.0 Å². The summed E-state index contributed by atoms with van der Waals surface area (Å²) in [5.41, 5.74) is 12.0.